The monoisotopic (exact) mass is 314 g/mol. The van der Waals surface area contributed by atoms with Crippen molar-refractivity contribution < 1.29 is 19.2 Å². The van der Waals surface area contributed by atoms with Crippen molar-refractivity contribution in [2.75, 3.05) is 20.3 Å². The minimum absolute atomic E-state index is 0.116. The molecule has 1 heterocycles. The summed E-state index contributed by atoms with van der Waals surface area (Å²) in [5, 5.41) is 17.5. The maximum atomic E-state index is 12.0. The molecule has 0 spiro atoms. The number of hydrogen-bond donors (Lipinski definition) is 1. The van der Waals surface area contributed by atoms with Gasteiger partial charge in [-0.05, 0) is 27.2 Å². The highest BCUT2D eigenvalue weighted by atomic mass is 16.6. The molecule has 0 saturated carbocycles. The number of nitro groups is 1. The number of methoxy groups -OCH3 is 1. The first-order valence-corrected chi connectivity index (χ1v) is 7.03. The average molecular weight is 314 g/mol. The second-order valence-electron chi connectivity index (χ2n) is 5.00. The number of ether oxygens (including phenoxy) is 2. The van der Waals surface area contributed by atoms with Crippen LogP contribution in [0.3, 0.4) is 0 Å². The fourth-order valence-corrected chi connectivity index (χ4v) is 1.71. The lowest BCUT2D eigenvalue weighted by Gasteiger charge is -2.12. The Kier molecular flexibility index (Phi) is 6.77. The van der Waals surface area contributed by atoms with Crippen molar-refractivity contribution in [2.24, 2.45) is 0 Å². The Morgan fingerprint density at radius 2 is 2.18 bits per heavy atom. The lowest BCUT2D eigenvalue weighted by molar-refractivity contribution is -0.385. The van der Waals surface area contributed by atoms with E-state index in [0.717, 1.165) is 0 Å². The van der Waals surface area contributed by atoms with E-state index in [1.807, 2.05) is 13.8 Å². The quantitative estimate of drug-likeness (QED) is 0.418. The highest BCUT2D eigenvalue weighted by Crippen LogP contribution is 2.25. The molecule has 1 atom stereocenters. The third kappa shape index (κ3) is 4.99. The third-order valence-electron chi connectivity index (χ3n) is 2.92. The SMILES string of the molecule is COc1nn(C(C)C(=O)NCCCOC(C)C)cc1[N+](=O)[O-]. The highest BCUT2D eigenvalue weighted by molar-refractivity contribution is 5.79. The van der Waals surface area contributed by atoms with Gasteiger partial charge in [-0.3, -0.25) is 14.9 Å². The molecule has 9 nitrogen and oxygen atoms in total. The van der Waals surface area contributed by atoms with Gasteiger partial charge in [0.05, 0.1) is 18.1 Å². The van der Waals surface area contributed by atoms with Crippen LogP contribution in [0.2, 0.25) is 0 Å². The molecule has 124 valence electrons. The van der Waals surface area contributed by atoms with E-state index in [1.165, 1.54) is 18.0 Å². The van der Waals surface area contributed by atoms with Crippen LogP contribution in [0, 0.1) is 10.1 Å². The van der Waals surface area contributed by atoms with Crippen molar-refractivity contribution in [1.82, 2.24) is 15.1 Å². The van der Waals surface area contributed by atoms with Gasteiger partial charge >= 0.3 is 11.6 Å². The lowest BCUT2D eigenvalue weighted by Crippen LogP contribution is -2.32. The molecule has 0 aliphatic carbocycles. The van der Waals surface area contributed by atoms with Crippen LogP contribution in [0.25, 0.3) is 0 Å². The van der Waals surface area contributed by atoms with Gasteiger partial charge < -0.3 is 14.8 Å². The minimum Gasteiger partial charge on any atom is -0.475 e. The molecule has 1 aromatic rings. The predicted molar refractivity (Wildman–Crippen MR) is 78.9 cm³/mol. The Morgan fingerprint density at radius 3 is 2.68 bits per heavy atom. The molecular formula is C13H22N4O5. The Labute approximate surface area is 128 Å². The maximum absolute atomic E-state index is 12.0. The van der Waals surface area contributed by atoms with Gasteiger partial charge in [-0.25, -0.2) is 4.68 Å². The number of carbonyl (C=O) groups is 1. The number of carbonyl (C=O) groups excluding carboxylic acids is 1. The Morgan fingerprint density at radius 1 is 1.50 bits per heavy atom. The summed E-state index contributed by atoms with van der Waals surface area (Å²) in [7, 11) is 1.29. The van der Waals surface area contributed by atoms with Gasteiger partial charge in [-0.1, -0.05) is 0 Å². The van der Waals surface area contributed by atoms with E-state index in [-0.39, 0.29) is 23.6 Å². The fourth-order valence-electron chi connectivity index (χ4n) is 1.71. The Hall–Kier alpha value is -2.16. The van der Waals surface area contributed by atoms with Crippen molar-refractivity contribution in [3.05, 3.63) is 16.3 Å². The summed E-state index contributed by atoms with van der Waals surface area (Å²) in [4.78, 5) is 22.2. The zero-order valence-corrected chi connectivity index (χ0v) is 13.2. The third-order valence-corrected chi connectivity index (χ3v) is 2.92. The molecule has 1 N–H and O–H groups in total. The number of rotatable bonds is 9. The summed E-state index contributed by atoms with van der Waals surface area (Å²) in [5.41, 5.74) is -0.271. The molecule has 22 heavy (non-hydrogen) atoms. The summed E-state index contributed by atoms with van der Waals surface area (Å²) in [6, 6.07) is -0.673. The zero-order chi connectivity index (χ0) is 16.7. The fraction of sp³-hybridized carbons (Fsp3) is 0.692. The van der Waals surface area contributed by atoms with Crippen LogP contribution in [0.4, 0.5) is 5.69 Å². The largest absolute Gasteiger partial charge is 0.475 e. The topological polar surface area (TPSA) is 109 Å². The summed E-state index contributed by atoms with van der Waals surface area (Å²) in [6.07, 6.45) is 2.04. The number of hydrogen-bond acceptors (Lipinski definition) is 6. The van der Waals surface area contributed by atoms with Crippen LogP contribution in [0.5, 0.6) is 5.88 Å². The van der Waals surface area contributed by atoms with Gasteiger partial charge in [0.2, 0.25) is 5.91 Å². The van der Waals surface area contributed by atoms with Gasteiger partial charge in [-0.15, -0.1) is 5.10 Å². The van der Waals surface area contributed by atoms with Gasteiger partial charge in [0.1, 0.15) is 12.2 Å². The maximum Gasteiger partial charge on any atom is 0.350 e. The standard InChI is InChI=1S/C13H22N4O5/c1-9(2)22-7-5-6-14-12(18)10(3)16-8-11(17(19)20)13(15-16)21-4/h8-10H,5-7H2,1-4H3,(H,14,18). The van der Waals surface area contributed by atoms with Crippen LogP contribution in [-0.2, 0) is 9.53 Å². The first kappa shape index (κ1) is 17.9. The van der Waals surface area contributed by atoms with Crippen molar-refractivity contribution >= 4 is 11.6 Å². The van der Waals surface area contributed by atoms with E-state index in [4.69, 9.17) is 9.47 Å². The molecule has 9 heteroatoms. The summed E-state index contributed by atoms with van der Waals surface area (Å²) < 4.78 is 11.4. The van der Waals surface area contributed by atoms with Gasteiger partial charge in [0.25, 0.3) is 0 Å². The molecule has 0 aliphatic heterocycles. The van der Waals surface area contributed by atoms with Gasteiger partial charge in [-0.2, -0.15) is 0 Å². The van der Waals surface area contributed by atoms with E-state index < -0.39 is 11.0 Å². The molecule has 1 unspecified atom stereocenters. The van der Waals surface area contributed by atoms with Crippen LogP contribution < -0.4 is 10.1 Å². The normalized spacial score (nSPS) is 12.2. The smallest absolute Gasteiger partial charge is 0.350 e. The molecule has 0 saturated heterocycles. The van der Waals surface area contributed by atoms with E-state index in [0.29, 0.717) is 19.6 Å². The Balaban J connectivity index is 2.54. The first-order chi connectivity index (χ1) is 10.4. The van der Waals surface area contributed by atoms with Crippen LogP contribution in [0.1, 0.15) is 33.2 Å². The zero-order valence-electron chi connectivity index (χ0n) is 13.2. The molecule has 0 radical (unpaired) electrons. The molecular weight excluding hydrogens is 292 g/mol. The van der Waals surface area contributed by atoms with Gasteiger partial charge in [0, 0.05) is 13.2 Å². The highest BCUT2D eigenvalue weighted by Gasteiger charge is 2.24. The Bertz CT molecular complexity index is 515. The average Bonchev–Trinajstić information content (AvgIpc) is 2.89. The molecule has 1 amide bonds. The van der Waals surface area contributed by atoms with Crippen molar-refractivity contribution in [2.45, 2.75) is 39.3 Å². The van der Waals surface area contributed by atoms with Gasteiger partial charge in [0.15, 0.2) is 0 Å². The van der Waals surface area contributed by atoms with Crippen LogP contribution in [-0.4, -0.2) is 47.0 Å². The summed E-state index contributed by atoms with van der Waals surface area (Å²) >= 11 is 0. The van der Waals surface area contributed by atoms with E-state index >= 15 is 0 Å². The molecule has 0 fully saturated rings. The summed E-state index contributed by atoms with van der Waals surface area (Å²) in [5.74, 6) is -0.389. The molecule has 1 aromatic heterocycles. The first-order valence-electron chi connectivity index (χ1n) is 7.03. The van der Waals surface area contributed by atoms with Crippen molar-refractivity contribution in [3.63, 3.8) is 0 Å². The second kappa shape index (κ2) is 8.32. The van der Waals surface area contributed by atoms with Crippen molar-refractivity contribution in [1.29, 1.82) is 0 Å². The minimum atomic E-state index is -0.673. The van der Waals surface area contributed by atoms with Crippen LogP contribution in [0.15, 0.2) is 6.20 Å². The second-order valence-corrected chi connectivity index (χ2v) is 5.00. The summed E-state index contributed by atoms with van der Waals surface area (Å²) in [6.45, 7) is 6.53. The predicted octanol–water partition coefficient (Wildman–Crippen LogP) is 1.29. The molecule has 1 rings (SSSR count). The molecule has 0 bridgehead atoms. The number of nitrogens with one attached hydrogen (secondary N) is 1. The lowest BCUT2D eigenvalue weighted by atomic mass is 10.3. The van der Waals surface area contributed by atoms with E-state index in [2.05, 4.69) is 10.4 Å². The number of aromatic nitrogens is 2. The molecule has 0 aromatic carbocycles. The van der Waals surface area contributed by atoms with E-state index in [9.17, 15) is 14.9 Å². The molecule has 0 aliphatic rings. The number of nitrogens with zero attached hydrogens (tertiary/aromatic N) is 3. The van der Waals surface area contributed by atoms with Crippen molar-refractivity contribution in [3.8, 4) is 5.88 Å². The van der Waals surface area contributed by atoms with E-state index in [1.54, 1.807) is 6.92 Å². The number of amides is 1. The van der Waals surface area contributed by atoms with Crippen LogP contribution >= 0.6 is 0 Å².